The van der Waals surface area contributed by atoms with Crippen LogP contribution < -0.4 is 9.47 Å². The van der Waals surface area contributed by atoms with Gasteiger partial charge in [0, 0.05) is 9.13 Å². The number of unbranched alkanes of at least 4 members (excludes halogenated alkanes) is 14. The number of hydrogen-bond acceptors (Lipinski definition) is 2. The summed E-state index contributed by atoms with van der Waals surface area (Å²) >= 11 is 4.73. The Balaban J connectivity index is 0.000000995. The van der Waals surface area contributed by atoms with Gasteiger partial charge in [-0.15, -0.1) is 23.1 Å². The van der Waals surface area contributed by atoms with E-state index < -0.39 is 24.2 Å². The Labute approximate surface area is 378 Å². The molecular formula is C49H80I2O2Si3. The molecule has 0 amide bonds. The van der Waals surface area contributed by atoms with Crippen molar-refractivity contribution in [3.05, 3.63) is 53.7 Å². The first-order valence-electron chi connectivity index (χ1n) is 21.6. The minimum Gasteiger partial charge on any atom is -0.492 e. The van der Waals surface area contributed by atoms with E-state index in [0.29, 0.717) is 0 Å². The van der Waals surface area contributed by atoms with E-state index in [1.807, 2.05) is 0 Å². The van der Waals surface area contributed by atoms with Crippen LogP contribution in [-0.4, -0.2) is 37.4 Å². The number of benzene rings is 2. The van der Waals surface area contributed by atoms with Gasteiger partial charge in [-0.1, -0.05) is 175 Å². The summed E-state index contributed by atoms with van der Waals surface area (Å²) in [6.07, 6.45) is 26.4. The topological polar surface area (TPSA) is 18.5 Å². The number of rotatable bonds is 20. The van der Waals surface area contributed by atoms with Crippen molar-refractivity contribution in [3.63, 3.8) is 0 Å². The highest BCUT2D eigenvalue weighted by atomic mass is 127. The third-order valence-electron chi connectivity index (χ3n) is 8.63. The molecule has 2 aromatic carbocycles. The number of terminal acetylenes is 1. The maximum absolute atomic E-state index is 6.23. The Morgan fingerprint density at radius 1 is 0.482 bits per heavy atom. The molecule has 0 aliphatic carbocycles. The van der Waals surface area contributed by atoms with Crippen LogP contribution in [0.15, 0.2) is 24.3 Å². The fourth-order valence-corrected chi connectivity index (χ4v) is 7.36. The van der Waals surface area contributed by atoms with Crippen LogP contribution >= 0.6 is 45.2 Å². The van der Waals surface area contributed by atoms with Gasteiger partial charge >= 0.3 is 0 Å². The molecule has 2 nitrogen and oxygen atoms in total. The van der Waals surface area contributed by atoms with Crippen molar-refractivity contribution in [1.29, 1.82) is 0 Å². The Morgan fingerprint density at radius 2 is 0.875 bits per heavy atom. The number of aryl methyl sites for hydroxylation is 2. The Kier molecular flexibility index (Phi) is 30.2. The summed E-state index contributed by atoms with van der Waals surface area (Å²) < 4.78 is 14.6. The first kappa shape index (κ1) is 54.8. The fourth-order valence-electron chi connectivity index (χ4n) is 5.12. The van der Waals surface area contributed by atoms with Gasteiger partial charge in [0.05, 0.1) is 22.3 Å². The van der Waals surface area contributed by atoms with E-state index in [-0.39, 0.29) is 0 Å². The minimum absolute atomic E-state index is 0.764. The summed E-state index contributed by atoms with van der Waals surface area (Å²) in [5.74, 6) is 8.80. The molecule has 0 saturated carbocycles. The standard InChI is InChI=1S/C27H44OSi2.C17H26I2O.C5H10Si/c1-9-10-11-12-13-14-15-16-19-28-27-23-25(17-20-29(3,4)5)24(2)22-26(27)18-21-30(6,7)8;1-3-4-5-6-7-8-9-10-11-20-17-13-15(18)14(2)12-16(17)19;1-5-6(2,3)4/h22-23H,9-16,19H2,1-8H3;12-13H,3-11H2,1-2H3;1H,2-4H3. The summed E-state index contributed by atoms with van der Waals surface area (Å²) in [5, 5.41) is 0. The molecule has 0 N–H and O–H groups in total. The Hall–Kier alpha value is -1.17. The van der Waals surface area contributed by atoms with Gasteiger partial charge in [0.2, 0.25) is 0 Å². The van der Waals surface area contributed by atoms with Crippen molar-refractivity contribution in [2.45, 2.75) is 189 Å². The van der Waals surface area contributed by atoms with Gasteiger partial charge in [-0.05, 0) is 107 Å². The van der Waals surface area contributed by atoms with Gasteiger partial charge in [0.1, 0.15) is 35.7 Å². The smallest absolute Gasteiger partial charge is 0.136 e. The lowest BCUT2D eigenvalue weighted by atomic mass is 10.0. The monoisotopic (exact) mass is 1040 g/mol. The van der Waals surface area contributed by atoms with Gasteiger partial charge in [-0.2, -0.15) is 0 Å². The molecule has 314 valence electrons. The molecule has 0 aliphatic heterocycles. The van der Waals surface area contributed by atoms with Crippen LogP contribution in [0.4, 0.5) is 0 Å². The van der Waals surface area contributed by atoms with Gasteiger partial charge < -0.3 is 9.47 Å². The van der Waals surface area contributed by atoms with Gasteiger partial charge in [0.15, 0.2) is 0 Å². The van der Waals surface area contributed by atoms with Crippen LogP contribution in [0.1, 0.15) is 139 Å². The molecule has 0 unspecified atom stereocenters. The van der Waals surface area contributed by atoms with E-state index in [4.69, 9.17) is 15.9 Å². The first-order valence-corrected chi connectivity index (χ1v) is 34.3. The van der Waals surface area contributed by atoms with E-state index in [9.17, 15) is 0 Å². The largest absolute Gasteiger partial charge is 0.492 e. The quantitative estimate of drug-likeness (QED) is 0.0569. The summed E-state index contributed by atoms with van der Waals surface area (Å²) in [6, 6.07) is 8.65. The SMILES string of the molecule is C#C[Si](C)(C)C.CCCCCCCCCCOc1cc(C#C[Si](C)(C)C)c(C)cc1C#C[Si](C)(C)C.CCCCCCCCCCOc1cc(I)c(C)cc1I. The van der Waals surface area contributed by atoms with Crippen LogP contribution in [0.2, 0.25) is 58.9 Å². The highest BCUT2D eigenvalue weighted by molar-refractivity contribution is 14.1. The molecule has 0 aliphatic rings. The van der Waals surface area contributed by atoms with Gasteiger partial charge in [-0.25, -0.2) is 0 Å². The molecule has 2 rings (SSSR count). The van der Waals surface area contributed by atoms with Crippen molar-refractivity contribution in [3.8, 4) is 46.4 Å². The van der Waals surface area contributed by atoms with Gasteiger partial charge in [-0.3, -0.25) is 0 Å². The summed E-state index contributed by atoms with van der Waals surface area (Å²) in [6.45, 7) is 30.6. The van der Waals surface area contributed by atoms with E-state index in [0.717, 1.165) is 42.3 Å². The zero-order valence-corrected chi connectivity index (χ0v) is 45.5. The van der Waals surface area contributed by atoms with Crippen LogP contribution in [0, 0.1) is 55.9 Å². The van der Waals surface area contributed by atoms with E-state index in [1.165, 1.54) is 115 Å². The lowest BCUT2D eigenvalue weighted by molar-refractivity contribution is 0.302. The zero-order chi connectivity index (χ0) is 42.6. The number of ether oxygens (including phenoxy) is 2. The predicted molar refractivity (Wildman–Crippen MR) is 277 cm³/mol. The van der Waals surface area contributed by atoms with Gasteiger partial charge in [0.25, 0.3) is 0 Å². The van der Waals surface area contributed by atoms with E-state index in [2.05, 4.69) is 185 Å². The maximum Gasteiger partial charge on any atom is 0.136 e. The predicted octanol–water partition coefficient (Wildman–Crippen LogP) is 16.2. The molecular weight excluding hydrogens is 959 g/mol. The molecule has 0 radical (unpaired) electrons. The highest BCUT2D eigenvalue weighted by Crippen LogP contribution is 2.27. The molecule has 0 bridgehead atoms. The van der Waals surface area contributed by atoms with Crippen molar-refractivity contribution >= 4 is 69.4 Å². The van der Waals surface area contributed by atoms with Crippen LogP contribution in [-0.2, 0) is 0 Å². The summed E-state index contributed by atoms with van der Waals surface area (Å²) in [7, 11) is -3.95. The third-order valence-corrected chi connectivity index (χ3v) is 13.2. The van der Waals surface area contributed by atoms with Crippen LogP contribution in [0.5, 0.6) is 11.5 Å². The molecule has 56 heavy (non-hydrogen) atoms. The second kappa shape index (κ2) is 30.8. The van der Waals surface area contributed by atoms with Crippen molar-refractivity contribution < 1.29 is 9.47 Å². The normalized spacial score (nSPS) is 11.0. The molecule has 0 atom stereocenters. The molecule has 0 saturated heterocycles. The lowest BCUT2D eigenvalue weighted by Crippen LogP contribution is -2.16. The van der Waals surface area contributed by atoms with E-state index in [1.54, 1.807) is 0 Å². The second-order valence-corrected chi connectivity index (χ2v) is 34.8. The Morgan fingerprint density at radius 3 is 1.29 bits per heavy atom. The summed E-state index contributed by atoms with van der Waals surface area (Å²) in [5.41, 5.74) is 14.4. The summed E-state index contributed by atoms with van der Waals surface area (Å²) in [4.78, 5) is 0. The molecule has 0 heterocycles. The maximum atomic E-state index is 6.23. The zero-order valence-electron chi connectivity index (χ0n) is 38.2. The Bertz CT molecular complexity index is 1550. The minimum atomic E-state index is -1.44. The first-order chi connectivity index (χ1) is 26.2. The van der Waals surface area contributed by atoms with Crippen LogP contribution in [0.25, 0.3) is 0 Å². The fraction of sp³-hybridized carbons (Fsp3) is 0.633. The van der Waals surface area contributed by atoms with Crippen molar-refractivity contribution in [2.24, 2.45) is 0 Å². The van der Waals surface area contributed by atoms with Crippen LogP contribution in [0.3, 0.4) is 0 Å². The molecule has 0 aromatic heterocycles. The molecule has 2 aromatic rings. The van der Waals surface area contributed by atoms with Crippen molar-refractivity contribution in [2.75, 3.05) is 13.2 Å². The number of halogens is 2. The molecule has 7 heteroatoms. The highest BCUT2D eigenvalue weighted by Gasteiger charge is 2.12. The molecule has 0 spiro atoms. The third kappa shape index (κ3) is 30.8. The van der Waals surface area contributed by atoms with Crippen molar-refractivity contribution in [1.82, 2.24) is 0 Å². The lowest BCUT2D eigenvalue weighted by Gasteiger charge is -2.12. The average Bonchev–Trinajstić information content (AvgIpc) is 3.11. The van der Waals surface area contributed by atoms with E-state index >= 15 is 0 Å². The average molecular weight is 1040 g/mol. The number of hydrogen-bond donors (Lipinski definition) is 0. The molecule has 0 fully saturated rings. The second-order valence-electron chi connectivity index (χ2n) is 18.2.